The summed E-state index contributed by atoms with van der Waals surface area (Å²) in [6, 6.07) is 8.02. The van der Waals surface area contributed by atoms with Crippen molar-refractivity contribution < 1.29 is 33.3 Å². The molecule has 0 atom stereocenters. The summed E-state index contributed by atoms with van der Waals surface area (Å²) in [4.78, 5) is 39.0. The molecule has 1 aliphatic heterocycles. The van der Waals surface area contributed by atoms with Crippen LogP contribution in [0.25, 0.3) is 10.4 Å². The van der Waals surface area contributed by atoms with Gasteiger partial charge in [-0.25, -0.2) is 14.4 Å². The van der Waals surface area contributed by atoms with E-state index in [1.54, 1.807) is 4.90 Å². The lowest BCUT2D eigenvalue weighted by atomic mass is 10.0. The van der Waals surface area contributed by atoms with Gasteiger partial charge in [-0.1, -0.05) is 12.1 Å². The average molecular weight is 584 g/mol. The number of halogens is 1. The third-order valence-corrected chi connectivity index (χ3v) is 7.60. The Morgan fingerprint density at radius 1 is 1.14 bits per heavy atom. The molecule has 0 spiro atoms. The quantitative estimate of drug-likeness (QED) is 0.345. The van der Waals surface area contributed by atoms with Gasteiger partial charge in [-0.2, -0.15) is 0 Å². The molecule has 1 aromatic carbocycles. The van der Waals surface area contributed by atoms with Gasteiger partial charge in [0.1, 0.15) is 5.60 Å². The van der Waals surface area contributed by atoms with Crippen molar-refractivity contribution in [2.45, 2.75) is 45.3 Å². The monoisotopic (exact) mass is 582 g/mol. The van der Waals surface area contributed by atoms with Crippen molar-refractivity contribution >= 4 is 51.0 Å². The number of esters is 2. The number of carbonyl (C=O) groups is 3. The van der Waals surface area contributed by atoms with E-state index in [1.807, 2.05) is 45.0 Å². The smallest absolute Gasteiger partial charge is 0.410 e. The highest BCUT2D eigenvalue weighted by Gasteiger charge is 2.28. The van der Waals surface area contributed by atoms with Crippen LogP contribution in [0.2, 0.25) is 0 Å². The number of nitrogens with one attached hydrogen (secondary N) is 1. The molecule has 9 nitrogen and oxygen atoms in total. The predicted molar refractivity (Wildman–Crippen MR) is 141 cm³/mol. The fraction of sp³-hybridized carbons (Fsp3) is 0.480. The van der Waals surface area contributed by atoms with E-state index in [1.165, 1.54) is 25.6 Å². The highest BCUT2D eigenvalue weighted by Crippen LogP contribution is 2.46. The highest BCUT2D eigenvalue weighted by atomic mass is 79.9. The van der Waals surface area contributed by atoms with Crippen molar-refractivity contribution in [2.75, 3.05) is 39.2 Å². The summed E-state index contributed by atoms with van der Waals surface area (Å²) in [5.74, 6) is -0.882. The third kappa shape index (κ3) is 7.13. The van der Waals surface area contributed by atoms with E-state index in [0.717, 1.165) is 29.0 Å². The second-order valence-electron chi connectivity index (χ2n) is 9.23. The highest BCUT2D eigenvalue weighted by molar-refractivity contribution is 9.10. The van der Waals surface area contributed by atoms with E-state index in [4.69, 9.17) is 14.2 Å². The van der Waals surface area contributed by atoms with Gasteiger partial charge in [-0.15, -0.1) is 11.3 Å². The van der Waals surface area contributed by atoms with Crippen molar-refractivity contribution in [3.8, 4) is 16.2 Å². The summed E-state index contributed by atoms with van der Waals surface area (Å²) in [6.07, 6.45) is 1.31. The normalized spacial score (nSPS) is 14.2. The lowest BCUT2D eigenvalue weighted by molar-refractivity contribution is -0.142. The first-order valence-electron chi connectivity index (χ1n) is 11.5. The lowest BCUT2D eigenvalue weighted by Gasteiger charge is -2.34. The molecular weight excluding hydrogens is 552 g/mol. The first kappa shape index (κ1) is 27.8. The molecule has 0 radical (unpaired) electrons. The van der Waals surface area contributed by atoms with Crippen LogP contribution in [0.15, 0.2) is 28.7 Å². The summed E-state index contributed by atoms with van der Waals surface area (Å²) in [7, 11) is 2.55. The molecule has 1 fully saturated rings. The standard InChI is InChI=1S/C25H31BrN2O7S/c1-25(2,3)35-24(31)28-11-9-16(10-12-28)27-17-8-6-7-15(13-17)21-19(26)20(34-14-18(29)32-4)22(36-21)23(30)33-5/h6-8,13,16,27H,9-12,14H2,1-5H3. The number of methoxy groups -OCH3 is 2. The van der Waals surface area contributed by atoms with Crippen LogP contribution in [0.1, 0.15) is 43.3 Å². The summed E-state index contributed by atoms with van der Waals surface area (Å²) in [5.41, 5.74) is 1.27. The predicted octanol–water partition coefficient (Wildman–Crippen LogP) is 5.33. The Kier molecular flexibility index (Phi) is 9.24. The van der Waals surface area contributed by atoms with Crippen molar-refractivity contribution in [1.82, 2.24) is 4.90 Å². The summed E-state index contributed by atoms with van der Waals surface area (Å²) in [5, 5.41) is 3.55. The molecule has 0 bridgehead atoms. The van der Waals surface area contributed by atoms with Crippen molar-refractivity contribution in [3.05, 3.63) is 33.6 Å². The Hall–Kier alpha value is -2.79. The number of anilines is 1. The first-order chi connectivity index (χ1) is 17.0. The maximum absolute atomic E-state index is 12.3. The zero-order valence-electron chi connectivity index (χ0n) is 21.0. The minimum Gasteiger partial charge on any atom is -0.479 e. The van der Waals surface area contributed by atoms with Crippen LogP contribution in [-0.4, -0.2) is 68.5 Å². The van der Waals surface area contributed by atoms with Crippen molar-refractivity contribution in [3.63, 3.8) is 0 Å². The SMILES string of the molecule is COC(=O)COc1c(C(=O)OC)sc(-c2cccc(NC3CCN(C(=O)OC(C)(C)C)CC3)c2)c1Br. The molecule has 0 aliphatic carbocycles. The number of carbonyl (C=O) groups excluding carboxylic acids is 3. The fourth-order valence-corrected chi connectivity index (χ4v) is 5.61. The van der Waals surface area contributed by atoms with E-state index >= 15 is 0 Å². The Labute approximate surface area is 223 Å². The van der Waals surface area contributed by atoms with Crippen LogP contribution in [0.5, 0.6) is 5.75 Å². The van der Waals surface area contributed by atoms with Crippen LogP contribution >= 0.6 is 27.3 Å². The molecule has 2 aromatic rings. The number of ether oxygens (including phenoxy) is 4. The second-order valence-corrected chi connectivity index (χ2v) is 11.0. The minimum absolute atomic E-state index is 0.204. The molecular formula is C25H31BrN2O7S. The number of hydrogen-bond donors (Lipinski definition) is 1. The molecule has 11 heteroatoms. The largest absolute Gasteiger partial charge is 0.479 e. The molecule has 36 heavy (non-hydrogen) atoms. The van der Waals surface area contributed by atoms with Gasteiger partial charge in [0.2, 0.25) is 0 Å². The van der Waals surface area contributed by atoms with Gasteiger partial charge in [0.05, 0.1) is 23.6 Å². The van der Waals surface area contributed by atoms with Gasteiger partial charge < -0.3 is 29.2 Å². The first-order valence-corrected chi connectivity index (χ1v) is 13.1. The topological polar surface area (TPSA) is 103 Å². The number of piperidine rings is 1. The fourth-order valence-electron chi connectivity index (χ4n) is 3.65. The number of amides is 1. The number of likely N-dealkylation sites (tertiary alicyclic amines) is 1. The molecule has 2 heterocycles. The van der Waals surface area contributed by atoms with Crippen LogP contribution in [0.3, 0.4) is 0 Å². The third-order valence-electron chi connectivity index (χ3n) is 5.38. The zero-order valence-corrected chi connectivity index (χ0v) is 23.4. The molecule has 0 unspecified atom stereocenters. The molecule has 1 aromatic heterocycles. The van der Waals surface area contributed by atoms with E-state index in [0.29, 0.717) is 17.6 Å². The van der Waals surface area contributed by atoms with Gasteiger partial charge in [-0.05, 0) is 67.2 Å². The minimum atomic E-state index is -0.561. The maximum atomic E-state index is 12.3. The number of rotatable bonds is 7. The van der Waals surface area contributed by atoms with Crippen LogP contribution in [0.4, 0.5) is 10.5 Å². The lowest BCUT2D eigenvalue weighted by Crippen LogP contribution is -2.44. The van der Waals surface area contributed by atoms with E-state index in [2.05, 4.69) is 26.0 Å². The van der Waals surface area contributed by atoms with Crippen molar-refractivity contribution in [2.24, 2.45) is 0 Å². The Balaban J connectivity index is 1.73. The zero-order chi connectivity index (χ0) is 26.5. The number of benzene rings is 1. The summed E-state index contributed by atoms with van der Waals surface area (Å²) in [6.45, 7) is 6.48. The summed E-state index contributed by atoms with van der Waals surface area (Å²) >= 11 is 4.74. The van der Waals surface area contributed by atoms with Crippen molar-refractivity contribution in [1.29, 1.82) is 0 Å². The molecule has 0 saturated carbocycles. The van der Waals surface area contributed by atoms with Crippen LogP contribution < -0.4 is 10.1 Å². The number of hydrogen-bond acceptors (Lipinski definition) is 9. The molecule has 1 aliphatic rings. The number of nitrogens with zero attached hydrogens (tertiary/aromatic N) is 1. The molecule has 196 valence electrons. The molecule has 1 saturated heterocycles. The Bertz CT molecular complexity index is 1100. The van der Waals surface area contributed by atoms with E-state index in [-0.39, 0.29) is 29.4 Å². The second kappa shape index (κ2) is 12.0. The summed E-state index contributed by atoms with van der Waals surface area (Å²) < 4.78 is 21.1. The van der Waals surface area contributed by atoms with Crippen LogP contribution in [-0.2, 0) is 19.0 Å². The average Bonchev–Trinajstić information content (AvgIpc) is 3.17. The van der Waals surface area contributed by atoms with Crippen LogP contribution in [0, 0.1) is 0 Å². The van der Waals surface area contributed by atoms with E-state index < -0.39 is 17.5 Å². The Morgan fingerprint density at radius 2 is 1.83 bits per heavy atom. The van der Waals surface area contributed by atoms with E-state index in [9.17, 15) is 14.4 Å². The Morgan fingerprint density at radius 3 is 2.44 bits per heavy atom. The van der Waals surface area contributed by atoms with Gasteiger partial charge >= 0.3 is 18.0 Å². The number of thiophene rings is 1. The molecule has 3 rings (SSSR count). The van der Waals surface area contributed by atoms with Gasteiger partial charge in [0.25, 0.3) is 0 Å². The maximum Gasteiger partial charge on any atom is 0.410 e. The molecule has 1 amide bonds. The van der Waals surface area contributed by atoms with Gasteiger partial charge in [0, 0.05) is 24.8 Å². The van der Waals surface area contributed by atoms with Gasteiger partial charge in [0.15, 0.2) is 17.2 Å². The molecule has 1 N–H and O–H groups in total. The van der Waals surface area contributed by atoms with Gasteiger partial charge in [-0.3, -0.25) is 0 Å².